The Balaban J connectivity index is 0.00000288. The van der Waals surface area contributed by atoms with E-state index in [4.69, 9.17) is 0 Å². The molecule has 144 valence electrons. The van der Waals surface area contributed by atoms with Gasteiger partial charge in [-0.1, -0.05) is 12.1 Å². The van der Waals surface area contributed by atoms with Gasteiger partial charge in [-0.25, -0.2) is 0 Å². The van der Waals surface area contributed by atoms with Gasteiger partial charge in [-0.3, -0.25) is 9.69 Å². The molecule has 0 bridgehead atoms. The second-order valence-corrected chi connectivity index (χ2v) is 5.76. The van der Waals surface area contributed by atoms with Crippen LogP contribution in [0.3, 0.4) is 0 Å². The van der Waals surface area contributed by atoms with Gasteiger partial charge in [0.25, 0.3) is 0 Å². The van der Waals surface area contributed by atoms with Gasteiger partial charge in [0.2, 0.25) is 5.91 Å². The van der Waals surface area contributed by atoms with Crippen molar-refractivity contribution in [2.75, 3.05) is 31.5 Å². The molecule has 2 rings (SSSR count). The summed E-state index contributed by atoms with van der Waals surface area (Å²) in [6.07, 6.45) is -4.90. The average molecular weight is 402 g/mol. The molecule has 9 heteroatoms. The smallest absolute Gasteiger partial charge is 0.326 e. The Morgan fingerprint density at radius 1 is 1.20 bits per heavy atom. The molecule has 0 saturated carbocycles. The number of nitrogens with zero attached hydrogens (tertiary/aromatic N) is 1. The predicted octanol–water partition coefficient (Wildman–Crippen LogP) is 3.78. The first-order valence-corrected chi connectivity index (χ1v) is 7.74. The second kappa shape index (κ2) is 10.9. The van der Waals surface area contributed by atoms with Gasteiger partial charge in [-0.2, -0.15) is 13.2 Å². The van der Waals surface area contributed by atoms with Gasteiger partial charge in [0.15, 0.2) is 0 Å². The Morgan fingerprint density at radius 3 is 2.24 bits per heavy atom. The lowest BCUT2D eigenvalue weighted by Gasteiger charge is -2.35. The van der Waals surface area contributed by atoms with Gasteiger partial charge in [-0.05, 0) is 24.1 Å². The van der Waals surface area contributed by atoms with Crippen molar-refractivity contribution in [2.24, 2.45) is 0 Å². The fourth-order valence-electron chi connectivity index (χ4n) is 2.85. The highest BCUT2D eigenvalue weighted by Crippen LogP contribution is 2.32. The minimum atomic E-state index is -4.15. The van der Waals surface area contributed by atoms with Crippen LogP contribution >= 0.6 is 24.8 Å². The van der Waals surface area contributed by atoms with Crippen molar-refractivity contribution in [1.82, 2.24) is 10.2 Å². The summed E-state index contributed by atoms with van der Waals surface area (Å²) in [7, 11) is 0. The van der Waals surface area contributed by atoms with Gasteiger partial charge < -0.3 is 10.6 Å². The first-order valence-electron chi connectivity index (χ1n) is 7.74. The first kappa shape index (κ1) is 24.0. The van der Waals surface area contributed by atoms with E-state index in [1.165, 1.54) is 6.92 Å². The van der Waals surface area contributed by atoms with Crippen molar-refractivity contribution < 1.29 is 18.0 Å². The Hall–Kier alpha value is -1.02. The summed E-state index contributed by atoms with van der Waals surface area (Å²) in [5.74, 6) is -0.173. The van der Waals surface area contributed by atoms with E-state index in [1.54, 1.807) is 24.3 Å². The highest BCUT2D eigenvalue weighted by Gasteiger charge is 2.31. The van der Waals surface area contributed by atoms with Crippen molar-refractivity contribution in [3.8, 4) is 0 Å². The molecule has 0 radical (unpaired) electrons. The molecule has 1 fully saturated rings. The largest absolute Gasteiger partial charge is 0.389 e. The molecular weight excluding hydrogens is 378 g/mol. The molecule has 25 heavy (non-hydrogen) atoms. The van der Waals surface area contributed by atoms with Crippen LogP contribution in [0.25, 0.3) is 0 Å². The van der Waals surface area contributed by atoms with Gasteiger partial charge >= 0.3 is 6.18 Å². The van der Waals surface area contributed by atoms with Crippen molar-refractivity contribution in [3.63, 3.8) is 0 Å². The maximum absolute atomic E-state index is 12.6. The molecule has 1 atom stereocenters. The molecule has 1 aliphatic heterocycles. The molecule has 1 saturated heterocycles. The van der Waals surface area contributed by atoms with E-state index in [1.807, 2.05) is 0 Å². The Bertz CT molecular complexity index is 520. The number of amides is 1. The SMILES string of the molecule is CC(=O)Nc1ccc([C@@H](CCC(F)(F)F)N2CCNCC2)cc1.Cl.Cl. The fourth-order valence-corrected chi connectivity index (χ4v) is 2.85. The molecule has 1 amide bonds. The number of hydrogen-bond donors (Lipinski definition) is 2. The Kier molecular flexibility index (Phi) is 10.4. The quantitative estimate of drug-likeness (QED) is 0.788. The lowest BCUT2D eigenvalue weighted by Crippen LogP contribution is -2.45. The summed E-state index contributed by atoms with van der Waals surface area (Å²) in [6, 6.07) is 6.81. The average Bonchev–Trinajstić information content (AvgIpc) is 2.48. The summed E-state index contributed by atoms with van der Waals surface area (Å²) in [4.78, 5) is 13.1. The highest BCUT2D eigenvalue weighted by molar-refractivity contribution is 5.88. The number of benzene rings is 1. The third kappa shape index (κ3) is 8.27. The number of piperazine rings is 1. The number of rotatable bonds is 5. The third-order valence-corrected chi connectivity index (χ3v) is 3.91. The van der Waals surface area contributed by atoms with Crippen molar-refractivity contribution >= 4 is 36.4 Å². The van der Waals surface area contributed by atoms with Crippen LogP contribution in [0, 0.1) is 0 Å². The zero-order valence-electron chi connectivity index (χ0n) is 13.9. The molecule has 0 unspecified atom stereocenters. The topological polar surface area (TPSA) is 44.4 Å². The van der Waals surface area contributed by atoms with E-state index in [2.05, 4.69) is 15.5 Å². The van der Waals surface area contributed by atoms with E-state index in [0.717, 1.165) is 31.7 Å². The van der Waals surface area contributed by atoms with Crippen molar-refractivity contribution in [3.05, 3.63) is 29.8 Å². The van der Waals surface area contributed by atoms with E-state index in [9.17, 15) is 18.0 Å². The Morgan fingerprint density at radius 2 is 1.76 bits per heavy atom. The summed E-state index contributed by atoms with van der Waals surface area (Å²) in [5.41, 5.74) is 1.50. The zero-order valence-corrected chi connectivity index (χ0v) is 15.6. The van der Waals surface area contributed by atoms with Crippen LogP contribution in [0.1, 0.15) is 31.4 Å². The number of anilines is 1. The highest BCUT2D eigenvalue weighted by atomic mass is 35.5. The van der Waals surface area contributed by atoms with E-state index < -0.39 is 12.6 Å². The molecule has 2 N–H and O–H groups in total. The standard InChI is InChI=1S/C16H22F3N3O.2ClH/c1-12(23)21-14-4-2-13(3-5-14)15(6-7-16(17,18)19)22-10-8-20-9-11-22;;/h2-5,15,20H,6-11H2,1H3,(H,21,23);2*1H/t15-;;/m1../s1. The summed E-state index contributed by atoms with van der Waals surface area (Å²) >= 11 is 0. The third-order valence-electron chi connectivity index (χ3n) is 3.91. The summed E-state index contributed by atoms with van der Waals surface area (Å²) in [5, 5.41) is 5.88. The molecule has 0 aromatic heterocycles. The second-order valence-electron chi connectivity index (χ2n) is 5.76. The van der Waals surface area contributed by atoms with Gasteiger partial charge in [0.05, 0.1) is 0 Å². The van der Waals surface area contributed by atoms with Crippen LogP contribution in [-0.2, 0) is 4.79 Å². The number of carbonyl (C=O) groups is 1. The lowest BCUT2D eigenvalue weighted by atomic mass is 9.99. The van der Waals surface area contributed by atoms with Crippen LogP contribution < -0.4 is 10.6 Å². The van der Waals surface area contributed by atoms with Crippen LogP contribution in [0.5, 0.6) is 0 Å². The maximum Gasteiger partial charge on any atom is 0.389 e. The van der Waals surface area contributed by atoms with E-state index >= 15 is 0 Å². The zero-order chi connectivity index (χ0) is 16.9. The number of hydrogen-bond acceptors (Lipinski definition) is 3. The van der Waals surface area contributed by atoms with Gasteiger partial charge in [-0.15, -0.1) is 24.8 Å². The normalized spacial score (nSPS) is 16.3. The number of carbonyl (C=O) groups excluding carboxylic acids is 1. The molecule has 1 aromatic carbocycles. The molecule has 1 aliphatic rings. The molecule has 1 heterocycles. The number of halogens is 5. The first-order chi connectivity index (χ1) is 10.8. The van der Waals surface area contributed by atoms with Crippen LogP contribution in [0.15, 0.2) is 24.3 Å². The van der Waals surface area contributed by atoms with E-state index in [0.29, 0.717) is 5.69 Å². The van der Waals surface area contributed by atoms with Crippen molar-refractivity contribution in [2.45, 2.75) is 32.0 Å². The Labute approximate surface area is 158 Å². The van der Waals surface area contributed by atoms with E-state index in [-0.39, 0.29) is 43.2 Å². The molecule has 0 spiro atoms. The van der Waals surface area contributed by atoms with Crippen LogP contribution in [0.4, 0.5) is 18.9 Å². The minimum absolute atomic E-state index is 0. The predicted molar refractivity (Wildman–Crippen MR) is 97.7 cm³/mol. The van der Waals surface area contributed by atoms with Gasteiger partial charge in [0, 0.05) is 51.3 Å². The fraction of sp³-hybridized carbons (Fsp3) is 0.562. The summed E-state index contributed by atoms with van der Waals surface area (Å²) < 4.78 is 37.9. The van der Waals surface area contributed by atoms with Crippen molar-refractivity contribution in [1.29, 1.82) is 0 Å². The minimum Gasteiger partial charge on any atom is -0.326 e. The summed E-state index contributed by atoms with van der Waals surface area (Å²) in [6.45, 7) is 4.45. The lowest BCUT2D eigenvalue weighted by molar-refractivity contribution is -0.138. The van der Waals surface area contributed by atoms with Crippen LogP contribution in [0.2, 0.25) is 0 Å². The molecule has 4 nitrogen and oxygen atoms in total. The number of nitrogens with one attached hydrogen (secondary N) is 2. The molecular formula is C16H24Cl2F3N3O. The van der Waals surface area contributed by atoms with Gasteiger partial charge in [0.1, 0.15) is 0 Å². The van der Waals surface area contributed by atoms with Crippen LogP contribution in [-0.4, -0.2) is 43.2 Å². The molecule has 1 aromatic rings. The maximum atomic E-state index is 12.6. The molecule has 0 aliphatic carbocycles. The number of alkyl halides is 3. The monoisotopic (exact) mass is 401 g/mol.